The van der Waals surface area contributed by atoms with Crippen molar-refractivity contribution >= 4 is 12.4 Å². The predicted octanol–water partition coefficient (Wildman–Crippen LogP) is 3.27. The van der Waals surface area contributed by atoms with Crippen molar-refractivity contribution in [2.75, 3.05) is 0 Å². The largest absolute Gasteiger partial charge is 0.416 e. The molecule has 0 radical (unpaired) electrons. The minimum Gasteiger partial charge on any atom is -0.207 e. The summed E-state index contributed by atoms with van der Waals surface area (Å²) in [5.74, 6) is -0.875. The molecule has 12 heavy (non-hydrogen) atoms. The van der Waals surface area contributed by atoms with E-state index in [0.29, 0.717) is 6.07 Å². The highest BCUT2D eigenvalue weighted by atomic mass is 35.5. The lowest BCUT2D eigenvalue weighted by Gasteiger charge is -2.04. The SMILES string of the molecule is Cl.Fc1cccc(C(F)(F)F)c1. The third kappa shape index (κ3) is 2.70. The lowest BCUT2D eigenvalue weighted by Crippen LogP contribution is -2.04. The fourth-order valence-electron chi connectivity index (χ4n) is 0.665. The van der Waals surface area contributed by atoms with E-state index in [1.165, 1.54) is 0 Å². The number of benzene rings is 1. The van der Waals surface area contributed by atoms with Gasteiger partial charge in [0.1, 0.15) is 5.82 Å². The third-order valence-electron chi connectivity index (χ3n) is 1.15. The molecule has 0 fully saturated rings. The van der Waals surface area contributed by atoms with Crippen LogP contribution in [0.15, 0.2) is 24.3 Å². The Morgan fingerprint density at radius 1 is 1.08 bits per heavy atom. The fraction of sp³-hybridized carbons (Fsp3) is 0.143. The molecule has 0 unspecified atom stereocenters. The molecule has 0 atom stereocenters. The number of halogens is 5. The molecule has 0 nitrogen and oxygen atoms in total. The first-order valence-electron chi connectivity index (χ1n) is 2.83. The molecular formula is C7H5ClF4. The highest BCUT2D eigenvalue weighted by Gasteiger charge is 2.30. The number of rotatable bonds is 0. The molecule has 0 aromatic heterocycles. The predicted molar refractivity (Wildman–Crippen MR) is 38.7 cm³/mol. The molecule has 5 heteroatoms. The first kappa shape index (κ1) is 11.2. The average Bonchev–Trinajstić information content (AvgIpc) is 1.86. The van der Waals surface area contributed by atoms with Gasteiger partial charge in [-0.25, -0.2) is 4.39 Å². The molecule has 0 aliphatic rings. The van der Waals surface area contributed by atoms with Crippen molar-refractivity contribution in [1.29, 1.82) is 0 Å². The smallest absolute Gasteiger partial charge is 0.207 e. The van der Waals surface area contributed by atoms with Gasteiger partial charge in [0, 0.05) is 0 Å². The van der Waals surface area contributed by atoms with Gasteiger partial charge in [0.15, 0.2) is 0 Å². The van der Waals surface area contributed by atoms with E-state index in [1.54, 1.807) is 0 Å². The van der Waals surface area contributed by atoms with Crippen LogP contribution in [0.4, 0.5) is 17.6 Å². The van der Waals surface area contributed by atoms with E-state index in [0.717, 1.165) is 18.2 Å². The maximum absolute atomic E-state index is 12.2. The molecule has 0 heterocycles. The summed E-state index contributed by atoms with van der Waals surface area (Å²) in [5, 5.41) is 0. The minimum atomic E-state index is -4.46. The van der Waals surface area contributed by atoms with Crippen LogP contribution in [0.25, 0.3) is 0 Å². The van der Waals surface area contributed by atoms with Crippen LogP contribution in [0, 0.1) is 5.82 Å². The monoisotopic (exact) mass is 200 g/mol. The minimum absolute atomic E-state index is 0. The van der Waals surface area contributed by atoms with Gasteiger partial charge >= 0.3 is 6.18 Å². The molecule has 0 saturated heterocycles. The van der Waals surface area contributed by atoms with Crippen molar-refractivity contribution < 1.29 is 17.6 Å². The van der Waals surface area contributed by atoms with Gasteiger partial charge in [-0.05, 0) is 18.2 Å². The van der Waals surface area contributed by atoms with E-state index in [4.69, 9.17) is 0 Å². The molecule has 0 N–H and O–H groups in total. The van der Waals surface area contributed by atoms with Gasteiger partial charge in [-0.2, -0.15) is 13.2 Å². The van der Waals surface area contributed by atoms with Crippen LogP contribution in [0.2, 0.25) is 0 Å². The summed E-state index contributed by atoms with van der Waals surface area (Å²) in [6, 6.07) is 3.27. The molecule has 1 aromatic carbocycles. The summed E-state index contributed by atoms with van der Waals surface area (Å²) in [6.07, 6.45) is -4.46. The number of hydrogen-bond acceptors (Lipinski definition) is 0. The molecule has 68 valence electrons. The van der Waals surface area contributed by atoms with Gasteiger partial charge in [-0.1, -0.05) is 6.07 Å². The quantitative estimate of drug-likeness (QED) is 0.564. The molecule has 0 aliphatic carbocycles. The Morgan fingerprint density at radius 3 is 2.00 bits per heavy atom. The lowest BCUT2D eigenvalue weighted by atomic mass is 10.2. The van der Waals surface area contributed by atoms with Gasteiger partial charge in [0.2, 0.25) is 0 Å². The molecule has 0 saturated carbocycles. The van der Waals surface area contributed by atoms with Gasteiger partial charge in [0.05, 0.1) is 5.56 Å². The molecule has 1 aromatic rings. The van der Waals surface area contributed by atoms with Crippen LogP contribution >= 0.6 is 12.4 Å². The highest BCUT2D eigenvalue weighted by molar-refractivity contribution is 5.85. The molecule has 0 bridgehead atoms. The normalized spacial score (nSPS) is 10.7. The average molecular weight is 201 g/mol. The van der Waals surface area contributed by atoms with E-state index in [-0.39, 0.29) is 12.4 Å². The van der Waals surface area contributed by atoms with Crippen molar-refractivity contribution in [3.8, 4) is 0 Å². The Balaban J connectivity index is 0.00000121. The van der Waals surface area contributed by atoms with Crippen molar-refractivity contribution in [3.63, 3.8) is 0 Å². The Labute approximate surface area is 72.6 Å². The zero-order valence-electron chi connectivity index (χ0n) is 5.73. The second-order valence-electron chi connectivity index (χ2n) is 2.01. The molecule has 0 spiro atoms. The van der Waals surface area contributed by atoms with E-state index >= 15 is 0 Å². The van der Waals surface area contributed by atoms with Crippen LogP contribution in [-0.2, 0) is 6.18 Å². The Bertz CT molecular complexity index is 256. The first-order valence-corrected chi connectivity index (χ1v) is 2.83. The first-order chi connectivity index (χ1) is 5.00. The van der Waals surface area contributed by atoms with Crippen LogP contribution in [-0.4, -0.2) is 0 Å². The van der Waals surface area contributed by atoms with Crippen LogP contribution in [0.5, 0.6) is 0 Å². The Hall–Kier alpha value is -0.770. The zero-order valence-corrected chi connectivity index (χ0v) is 6.55. The summed E-state index contributed by atoms with van der Waals surface area (Å²) >= 11 is 0. The molecule has 0 amide bonds. The van der Waals surface area contributed by atoms with Crippen LogP contribution < -0.4 is 0 Å². The molecule has 1 rings (SSSR count). The van der Waals surface area contributed by atoms with Crippen molar-refractivity contribution in [1.82, 2.24) is 0 Å². The number of alkyl halides is 3. The summed E-state index contributed by atoms with van der Waals surface area (Å²) in [5.41, 5.74) is -0.961. The van der Waals surface area contributed by atoms with Gasteiger partial charge in [-0.15, -0.1) is 12.4 Å². The van der Waals surface area contributed by atoms with Gasteiger partial charge in [-0.3, -0.25) is 0 Å². The number of hydrogen-bond donors (Lipinski definition) is 0. The zero-order chi connectivity index (χ0) is 8.48. The van der Waals surface area contributed by atoms with Crippen molar-refractivity contribution in [2.45, 2.75) is 6.18 Å². The summed E-state index contributed by atoms with van der Waals surface area (Å²) in [7, 11) is 0. The second kappa shape index (κ2) is 3.76. The maximum Gasteiger partial charge on any atom is 0.416 e. The lowest BCUT2D eigenvalue weighted by molar-refractivity contribution is -0.137. The molecule has 0 aliphatic heterocycles. The van der Waals surface area contributed by atoms with E-state index in [1.807, 2.05) is 0 Å². The van der Waals surface area contributed by atoms with Crippen LogP contribution in [0.1, 0.15) is 5.56 Å². The molecular weight excluding hydrogens is 196 g/mol. The van der Waals surface area contributed by atoms with Crippen LogP contribution in [0.3, 0.4) is 0 Å². The standard InChI is InChI=1S/C7H4F4.ClH/c8-6-3-1-2-5(4-6)7(9,10)11;/h1-4H;1H. The van der Waals surface area contributed by atoms with Crippen molar-refractivity contribution in [3.05, 3.63) is 35.6 Å². The second-order valence-corrected chi connectivity index (χ2v) is 2.01. The Morgan fingerprint density at radius 2 is 1.67 bits per heavy atom. The topological polar surface area (TPSA) is 0 Å². The third-order valence-corrected chi connectivity index (χ3v) is 1.15. The van der Waals surface area contributed by atoms with Gasteiger partial charge < -0.3 is 0 Å². The highest BCUT2D eigenvalue weighted by Crippen LogP contribution is 2.28. The van der Waals surface area contributed by atoms with E-state index in [2.05, 4.69) is 0 Å². The fourth-order valence-corrected chi connectivity index (χ4v) is 0.665. The maximum atomic E-state index is 12.2. The van der Waals surface area contributed by atoms with Gasteiger partial charge in [0.25, 0.3) is 0 Å². The summed E-state index contributed by atoms with van der Waals surface area (Å²) < 4.78 is 47.6. The van der Waals surface area contributed by atoms with E-state index < -0.39 is 17.6 Å². The Kier molecular flexibility index (Phi) is 3.52. The van der Waals surface area contributed by atoms with Crippen molar-refractivity contribution in [2.24, 2.45) is 0 Å². The summed E-state index contributed by atoms with van der Waals surface area (Å²) in [4.78, 5) is 0. The van der Waals surface area contributed by atoms with E-state index in [9.17, 15) is 17.6 Å². The summed E-state index contributed by atoms with van der Waals surface area (Å²) in [6.45, 7) is 0.